The molecule has 0 bridgehead atoms. The van der Waals surface area contributed by atoms with E-state index in [0.29, 0.717) is 0 Å². The van der Waals surface area contributed by atoms with Gasteiger partial charge in [0.15, 0.2) is 0 Å². The molecule has 3 heterocycles. The van der Waals surface area contributed by atoms with Gasteiger partial charge in [-0.25, -0.2) is 0 Å². The van der Waals surface area contributed by atoms with Gasteiger partial charge in [-0.05, 0) is 128 Å². The second-order valence-corrected chi connectivity index (χ2v) is 19.0. The standard InChI is InChI=1S/C63H38N2OS/c1-2-18-44-39(14-1)15-13-27-55(44)64(41-30-33-57-49(36-41)46-20-4-8-26-56(46)65(57)42-31-34-59-50(37-42)47-21-5-9-28-58(47)66-59)43-32-35-61-54(38-43)63(52-24-7-10-29-60(52)67-61)51-23-6-3-19-45(51)48-22-11-16-40-17-12-25-53(63)62(40)48/h1-38H. The van der Waals surface area contributed by atoms with E-state index in [2.05, 4.69) is 228 Å². The molecular weight excluding hydrogens is 833 g/mol. The highest BCUT2D eigenvalue weighted by molar-refractivity contribution is 7.99. The summed E-state index contributed by atoms with van der Waals surface area (Å²) in [6.07, 6.45) is 0. The zero-order valence-corrected chi connectivity index (χ0v) is 37.0. The third-order valence-corrected chi connectivity index (χ3v) is 15.8. The predicted molar refractivity (Wildman–Crippen MR) is 279 cm³/mol. The lowest BCUT2D eigenvalue weighted by Gasteiger charge is -2.46. The summed E-state index contributed by atoms with van der Waals surface area (Å²) in [5, 5.41) is 9.63. The smallest absolute Gasteiger partial charge is 0.135 e. The van der Waals surface area contributed by atoms with Gasteiger partial charge in [0.1, 0.15) is 11.2 Å². The first-order valence-electron chi connectivity index (χ1n) is 23.0. The Morgan fingerprint density at radius 3 is 1.97 bits per heavy atom. The quantitative estimate of drug-likeness (QED) is 0.176. The van der Waals surface area contributed by atoms with Crippen LogP contribution < -0.4 is 4.90 Å². The van der Waals surface area contributed by atoms with Crippen LogP contribution >= 0.6 is 11.8 Å². The maximum atomic E-state index is 6.28. The molecular formula is C63H38N2OS. The summed E-state index contributed by atoms with van der Waals surface area (Å²) in [5.41, 5.74) is 15.8. The Balaban J connectivity index is 1.00. The minimum atomic E-state index is -0.569. The number of hydrogen-bond acceptors (Lipinski definition) is 3. The molecule has 1 spiro atoms. The van der Waals surface area contributed by atoms with E-state index in [0.717, 1.165) is 55.7 Å². The van der Waals surface area contributed by atoms with Crippen molar-refractivity contribution in [3.63, 3.8) is 0 Å². The molecule has 2 aliphatic rings. The number of furan rings is 1. The molecule has 0 amide bonds. The fraction of sp³-hybridized carbons (Fsp3) is 0.0159. The second-order valence-electron chi connectivity index (χ2n) is 17.9. The average molecular weight is 871 g/mol. The van der Waals surface area contributed by atoms with Crippen molar-refractivity contribution in [2.24, 2.45) is 0 Å². The van der Waals surface area contributed by atoms with Gasteiger partial charge in [-0.3, -0.25) is 0 Å². The van der Waals surface area contributed by atoms with Crippen molar-refractivity contribution in [1.82, 2.24) is 4.57 Å². The minimum absolute atomic E-state index is 0.569. The average Bonchev–Trinajstić information content (AvgIpc) is 3.93. The molecule has 0 saturated heterocycles. The van der Waals surface area contributed by atoms with Crippen LogP contribution in [0.4, 0.5) is 17.1 Å². The zero-order valence-electron chi connectivity index (χ0n) is 36.2. The lowest BCUT2D eigenvalue weighted by Crippen LogP contribution is -2.36. The highest BCUT2D eigenvalue weighted by Gasteiger charge is 2.48. The fourth-order valence-corrected chi connectivity index (χ4v) is 13.1. The van der Waals surface area contributed by atoms with Gasteiger partial charge >= 0.3 is 0 Å². The molecule has 312 valence electrons. The van der Waals surface area contributed by atoms with Gasteiger partial charge in [-0.15, -0.1) is 0 Å². The Morgan fingerprint density at radius 1 is 0.388 bits per heavy atom. The van der Waals surface area contributed by atoms with E-state index in [4.69, 9.17) is 4.42 Å². The number of anilines is 3. The van der Waals surface area contributed by atoms with Crippen LogP contribution in [0.25, 0.3) is 82.1 Å². The van der Waals surface area contributed by atoms with Crippen molar-refractivity contribution in [3.8, 4) is 16.8 Å². The first-order chi connectivity index (χ1) is 33.2. The number of aromatic nitrogens is 1. The van der Waals surface area contributed by atoms with Gasteiger partial charge < -0.3 is 13.9 Å². The molecule has 0 radical (unpaired) electrons. The Kier molecular flexibility index (Phi) is 7.64. The van der Waals surface area contributed by atoms with E-state index in [-0.39, 0.29) is 0 Å². The number of benzene rings is 11. The Morgan fingerprint density at radius 2 is 1.03 bits per heavy atom. The van der Waals surface area contributed by atoms with Crippen LogP contribution in [0.3, 0.4) is 0 Å². The van der Waals surface area contributed by atoms with E-state index in [1.165, 1.54) is 75.5 Å². The van der Waals surface area contributed by atoms with Crippen molar-refractivity contribution in [1.29, 1.82) is 0 Å². The first kappa shape index (κ1) is 37.0. The molecule has 3 nitrogen and oxygen atoms in total. The summed E-state index contributed by atoms with van der Waals surface area (Å²) in [6.45, 7) is 0. The molecule has 1 unspecified atom stereocenters. The second kappa shape index (κ2) is 13.9. The van der Waals surface area contributed by atoms with Gasteiger partial charge in [0.2, 0.25) is 0 Å². The minimum Gasteiger partial charge on any atom is -0.456 e. The molecule has 1 aliphatic heterocycles. The summed E-state index contributed by atoms with van der Waals surface area (Å²) in [7, 11) is 0. The maximum absolute atomic E-state index is 6.28. The summed E-state index contributed by atoms with van der Waals surface area (Å²) in [4.78, 5) is 5.06. The van der Waals surface area contributed by atoms with E-state index in [1.807, 2.05) is 23.9 Å². The van der Waals surface area contributed by atoms with E-state index < -0.39 is 5.41 Å². The fourth-order valence-electron chi connectivity index (χ4n) is 11.9. The van der Waals surface area contributed by atoms with E-state index >= 15 is 0 Å². The largest absolute Gasteiger partial charge is 0.456 e. The molecule has 1 atom stereocenters. The van der Waals surface area contributed by atoms with Crippen LogP contribution in [0, 0.1) is 0 Å². The zero-order chi connectivity index (χ0) is 43.8. The molecule has 0 fully saturated rings. The number of para-hydroxylation sites is 2. The Hall–Kier alpha value is -8.31. The van der Waals surface area contributed by atoms with Crippen LogP contribution in [-0.2, 0) is 5.41 Å². The van der Waals surface area contributed by atoms with Crippen LogP contribution in [0.5, 0.6) is 0 Å². The molecule has 15 rings (SSSR count). The molecule has 2 aromatic heterocycles. The Bertz CT molecular complexity index is 4220. The third kappa shape index (κ3) is 5.08. The van der Waals surface area contributed by atoms with Gasteiger partial charge in [-0.2, -0.15) is 0 Å². The number of rotatable bonds is 4. The number of fused-ring (bicyclic) bond motifs is 15. The lowest BCUT2D eigenvalue weighted by molar-refractivity contribution is 0.669. The normalized spacial score (nSPS) is 14.9. The van der Waals surface area contributed by atoms with Crippen LogP contribution in [-0.4, -0.2) is 4.57 Å². The molecule has 4 heteroatoms. The molecule has 11 aromatic carbocycles. The van der Waals surface area contributed by atoms with Crippen molar-refractivity contribution >= 4 is 94.1 Å². The summed E-state index contributed by atoms with van der Waals surface area (Å²) in [6, 6.07) is 85.5. The summed E-state index contributed by atoms with van der Waals surface area (Å²) < 4.78 is 8.69. The maximum Gasteiger partial charge on any atom is 0.135 e. The van der Waals surface area contributed by atoms with Crippen LogP contribution in [0.1, 0.15) is 22.3 Å². The molecule has 0 saturated carbocycles. The summed E-state index contributed by atoms with van der Waals surface area (Å²) >= 11 is 1.89. The molecule has 67 heavy (non-hydrogen) atoms. The van der Waals surface area contributed by atoms with Crippen molar-refractivity contribution in [2.75, 3.05) is 4.90 Å². The molecule has 0 N–H and O–H groups in total. The SMILES string of the molecule is c1ccc2c(c1)Sc1ccc(N(c3ccc4c(c3)c3ccccc3n4-c3ccc4oc5ccccc5c4c3)c3cccc4ccccc34)cc1C21c2ccccc2-c2cccc3cccc1c23. The molecule has 13 aromatic rings. The molecule has 1 aliphatic carbocycles. The monoisotopic (exact) mass is 870 g/mol. The Labute approximate surface area is 390 Å². The van der Waals surface area contributed by atoms with Crippen molar-refractivity contribution in [2.45, 2.75) is 15.2 Å². The van der Waals surface area contributed by atoms with E-state index in [9.17, 15) is 0 Å². The van der Waals surface area contributed by atoms with Crippen LogP contribution in [0.15, 0.2) is 245 Å². The van der Waals surface area contributed by atoms with Crippen LogP contribution in [0.2, 0.25) is 0 Å². The number of nitrogens with zero attached hydrogens (tertiary/aromatic N) is 2. The highest BCUT2D eigenvalue weighted by Crippen LogP contribution is 2.62. The van der Waals surface area contributed by atoms with Gasteiger partial charge in [0, 0.05) is 53.8 Å². The first-order valence-corrected chi connectivity index (χ1v) is 23.8. The summed E-state index contributed by atoms with van der Waals surface area (Å²) in [5.74, 6) is 0. The highest BCUT2D eigenvalue weighted by atomic mass is 32.2. The van der Waals surface area contributed by atoms with Gasteiger partial charge in [0.05, 0.1) is 22.1 Å². The van der Waals surface area contributed by atoms with Gasteiger partial charge in [-0.1, -0.05) is 163 Å². The van der Waals surface area contributed by atoms with Gasteiger partial charge in [0.25, 0.3) is 0 Å². The van der Waals surface area contributed by atoms with E-state index in [1.54, 1.807) is 0 Å². The lowest BCUT2D eigenvalue weighted by atomic mass is 9.59. The number of hydrogen-bond donors (Lipinski definition) is 0. The van der Waals surface area contributed by atoms with Crippen molar-refractivity contribution < 1.29 is 4.42 Å². The van der Waals surface area contributed by atoms with Crippen molar-refractivity contribution in [3.05, 3.63) is 253 Å². The predicted octanol–water partition coefficient (Wildman–Crippen LogP) is 17.3. The topological polar surface area (TPSA) is 21.3 Å². The third-order valence-electron chi connectivity index (χ3n) is 14.6.